The maximum atomic E-state index is 12.8. The minimum Gasteiger partial charge on any atom is -0.318 e. The number of aromatic nitrogens is 4. The minimum atomic E-state index is -1.23. The van der Waals surface area contributed by atoms with E-state index in [9.17, 15) is 14.4 Å². The van der Waals surface area contributed by atoms with Crippen molar-refractivity contribution in [3.8, 4) is 11.4 Å². The Bertz CT molecular complexity index is 1100. The first-order chi connectivity index (χ1) is 15.0. The number of amides is 4. The van der Waals surface area contributed by atoms with Crippen LogP contribution >= 0.6 is 0 Å². The van der Waals surface area contributed by atoms with Crippen LogP contribution in [0, 0.1) is 0 Å². The summed E-state index contributed by atoms with van der Waals surface area (Å²) in [6, 6.07) is 17.7. The molecular weight excluding hydrogens is 398 g/mol. The Morgan fingerprint density at radius 3 is 2.45 bits per heavy atom. The van der Waals surface area contributed by atoms with Crippen LogP contribution in [0.3, 0.4) is 0 Å². The Hall–Kier alpha value is -4.08. The number of rotatable bonds is 7. The molecule has 1 aromatic heterocycles. The molecule has 2 heterocycles. The number of imide groups is 1. The van der Waals surface area contributed by atoms with Crippen LogP contribution < -0.4 is 10.7 Å². The molecule has 0 bridgehead atoms. The maximum absolute atomic E-state index is 12.8. The Morgan fingerprint density at radius 1 is 1.06 bits per heavy atom. The Balaban J connectivity index is 1.31. The van der Waals surface area contributed by atoms with E-state index in [-0.39, 0.29) is 6.42 Å². The average Bonchev–Trinajstić information content (AvgIpc) is 3.34. The van der Waals surface area contributed by atoms with E-state index in [0.29, 0.717) is 24.4 Å². The summed E-state index contributed by atoms with van der Waals surface area (Å²) in [5, 5.41) is 15.7. The third kappa shape index (κ3) is 4.13. The molecule has 0 saturated carbocycles. The third-order valence-electron chi connectivity index (χ3n) is 5.03. The highest BCUT2D eigenvalue weighted by atomic mass is 16.2. The number of carbonyl (C=O) groups is 3. The van der Waals surface area contributed by atoms with E-state index in [2.05, 4.69) is 26.2 Å². The molecule has 31 heavy (non-hydrogen) atoms. The van der Waals surface area contributed by atoms with E-state index >= 15 is 0 Å². The van der Waals surface area contributed by atoms with Gasteiger partial charge >= 0.3 is 6.03 Å². The number of carbonyl (C=O) groups excluding carboxylic acids is 3. The van der Waals surface area contributed by atoms with Crippen molar-refractivity contribution in [2.45, 2.75) is 31.8 Å². The molecule has 1 unspecified atom stereocenters. The van der Waals surface area contributed by atoms with Gasteiger partial charge in [0.25, 0.3) is 5.91 Å². The van der Waals surface area contributed by atoms with Gasteiger partial charge in [0.2, 0.25) is 11.7 Å². The molecule has 1 atom stereocenters. The zero-order chi connectivity index (χ0) is 21.8. The van der Waals surface area contributed by atoms with Crippen molar-refractivity contribution in [1.29, 1.82) is 0 Å². The topological polar surface area (TPSA) is 122 Å². The quantitative estimate of drug-likeness (QED) is 0.561. The van der Waals surface area contributed by atoms with Crippen LogP contribution in [0.4, 0.5) is 4.79 Å². The molecule has 0 spiro atoms. The number of urea groups is 1. The van der Waals surface area contributed by atoms with Crippen LogP contribution in [0.2, 0.25) is 0 Å². The predicted molar refractivity (Wildman–Crippen MR) is 110 cm³/mol. The fourth-order valence-electron chi connectivity index (χ4n) is 3.31. The fourth-order valence-corrected chi connectivity index (χ4v) is 3.31. The van der Waals surface area contributed by atoms with E-state index in [0.717, 1.165) is 10.6 Å². The highest BCUT2D eigenvalue weighted by molar-refractivity contribution is 6.08. The van der Waals surface area contributed by atoms with Crippen molar-refractivity contribution in [2.24, 2.45) is 0 Å². The monoisotopic (exact) mass is 419 g/mol. The van der Waals surface area contributed by atoms with Crippen LogP contribution in [-0.4, -0.2) is 43.1 Å². The number of aryl methyl sites for hydroxylation is 1. The summed E-state index contributed by atoms with van der Waals surface area (Å²) < 4.78 is 0. The van der Waals surface area contributed by atoms with Crippen molar-refractivity contribution in [2.75, 3.05) is 0 Å². The molecule has 2 N–H and O–H groups in total. The van der Waals surface area contributed by atoms with E-state index in [1.165, 1.54) is 4.80 Å². The van der Waals surface area contributed by atoms with E-state index < -0.39 is 23.4 Å². The molecule has 2 aromatic carbocycles. The molecule has 0 radical (unpaired) electrons. The number of nitrogens with zero attached hydrogens (tertiary/aromatic N) is 5. The molecule has 10 heteroatoms. The van der Waals surface area contributed by atoms with Gasteiger partial charge in [-0.2, -0.15) is 9.81 Å². The smallest absolute Gasteiger partial charge is 0.318 e. The molecule has 4 amide bonds. The first-order valence-corrected chi connectivity index (χ1v) is 9.82. The average molecular weight is 419 g/mol. The number of hydrogen-bond acceptors (Lipinski definition) is 6. The second kappa shape index (κ2) is 8.34. The SMILES string of the molecule is CC1(c2ccccc2)NC(=O)N(NC(=O)CCCn2nnc(-c3ccccc3)n2)C1=O. The minimum absolute atomic E-state index is 0.0846. The standard InChI is InChI=1S/C21H21N7O3/c1-21(16-11-6-3-7-12-16)19(30)28(20(31)22-21)24-17(29)13-8-14-27-25-18(23-26-27)15-9-4-2-5-10-15/h2-7,9-12H,8,13-14H2,1H3,(H,22,31)(H,24,29). The first-order valence-electron chi connectivity index (χ1n) is 9.82. The van der Waals surface area contributed by atoms with Crippen LogP contribution in [0.15, 0.2) is 60.7 Å². The third-order valence-corrected chi connectivity index (χ3v) is 5.03. The zero-order valence-electron chi connectivity index (χ0n) is 16.9. The van der Waals surface area contributed by atoms with Gasteiger partial charge in [-0.15, -0.1) is 10.2 Å². The van der Waals surface area contributed by atoms with Crippen LogP contribution in [0.25, 0.3) is 11.4 Å². The van der Waals surface area contributed by atoms with Gasteiger partial charge in [0, 0.05) is 12.0 Å². The lowest BCUT2D eigenvalue weighted by Crippen LogP contribution is -2.47. The number of hydrazine groups is 1. The van der Waals surface area contributed by atoms with E-state index in [1.807, 2.05) is 36.4 Å². The van der Waals surface area contributed by atoms with Crippen molar-refractivity contribution in [3.05, 3.63) is 66.2 Å². The second-order valence-electron chi connectivity index (χ2n) is 7.28. The number of benzene rings is 2. The largest absolute Gasteiger partial charge is 0.344 e. The molecule has 4 rings (SSSR count). The highest BCUT2D eigenvalue weighted by Crippen LogP contribution is 2.27. The summed E-state index contributed by atoms with van der Waals surface area (Å²) in [7, 11) is 0. The Labute approximate surface area is 178 Å². The maximum Gasteiger partial charge on any atom is 0.344 e. The summed E-state index contributed by atoms with van der Waals surface area (Å²) >= 11 is 0. The molecule has 0 aliphatic carbocycles. The summed E-state index contributed by atoms with van der Waals surface area (Å²) in [5.74, 6) is -0.490. The summed E-state index contributed by atoms with van der Waals surface area (Å²) in [6.07, 6.45) is 0.497. The van der Waals surface area contributed by atoms with Crippen LogP contribution in [0.1, 0.15) is 25.3 Å². The lowest BCUT2D eigenvalue weighted by Gasteiger charge is -2.22. The second-order valence-corrected chi connectivity index (χ2v) is 7.28. The normalized spacial score (nSPS) is 18.2. The molecule has 1 aliphatic rings. The van der Waals surface area contributed by atoms with Gasteiger partial charge in [-0.3, -0.25) is 15.0 Å². The van der Waals surface area contributed by atoms with E-state index in [1.54, 1.807) is 31.2 Å². The van der Waals surface area contributed by atoms with E-state index in [4.69, 9.17) is 0 Å². The molecule has 3 aromatic rings. The molecule has 10 nitrogen and oxygen atoms in total. The van der Waals surface area contributed by atoms with Gasteiger partial charge < -0.3 is 5.32 Å². The van der Waals surface area contributed by atoms with Gasteiger partial charge in [0.05, 0.1) is 6.54 Å². The van der Waals surface area contributed by atoms with Gasteiger partial charge in [-0.25, -0.2) is 4.79 Å². The summed E-state index contributed by atoms with van der Waals surface area (Å²) in [4.78, 5) is 38.8. The van der Waals surface area contributed by atoms with Gasteiger partial charge in [-0.05, 0) is 24.1 Å². The molecule has 1 saturated heterocycles. The van der Waals surface area contributed by atoms with Crippen molar-refractivity contribution in [3.63, 3.8) is 0 Å². The van der Waals surface area contributed by atoms with Crippen molar-refractivity contribution >= 4 is 17.8 Å². The van der Waals surface area contributed by atoms with Crippen LogP contribution in [0.5, 0.6) is 0 Å². The zero-order valence-corrected chi connectivity index (χ0v) is 16.9. The highest BCUT2D eigenvalue weighted by Gasteiger charge is 2.49. The van der Waals surface area contributed by atoms with Gasteiger partial charge in [0.1, 0.15) is 5.54 Å². The Kier molecular flexibility index (Phi) is 5.44. The summed E-state index contributed by atoms with van der Waals surface area (Å²) in [5.41, 5.74) is 2.64. The van der Waals surface area contributed by atoms with Gasteiger partial charge in [0.15, 0.2) is 0 Å². The van der Waals surface area contributed by atoms with Crippen molar-refractivity contribution in [1.82, 2.24) is 36.0 Å². The molecule has 158 valence electrons. The summed E-state index contributed by atoms with van der Waals surface area (Å²) in [6.45, 7) is 1.98. The lowest BCUT2D eigenvalue weighted by molar-refractivity contribution is -0.139. The number of nitrogens with one attached hydrogen (secondary N) is 2. The molecule has 1 fully saturated rings. The number of tetrazole rings is 1. The van der Waals surface area contributed by atoms with Crippen LogP contribution in [-0.2, 0) is 21.7 Å². The fraction of sp³-hybridized carbons (Fsp3) is 0.238. The van der Waals surface area contributed by atoms with Crippen molar-refractivity contribution < 1.29 is 14.4 Å². The first kappa shape index (κ1) is 20.2. The lowest BCUT2D eigenvalue weighted by atomic mass is 9.92. The Morgan fingerprint density at radius 2 is 1.74 bits per heavy atom. The predicted octanol–water partition coefficient (Wildman–Crippen LogP) is 1.62. The molecule has 1 aliphatic heterocycles. The number of hydrogen-bond donors (Lipinski definition) is 2. The van der Waals surface area contributed by atoms with Gasteiger partial charge in [-0.1, -0.05) is 60.7 Å². The molecular formula is C21H21N7O3.